The van der Waals surface area contributed by atoms with Gasteiger partial charge in [0.25, 0.3) is 11.5 Å². The third-order valence-electron chi connectivity index (χ3n) is 5.38. The Morgan fingerprint density at radius 3 is 2.73 bits per heavy atom. The first-order chi connectivity index (χ1) is 14.6. The number of nitrogens with one attached hydrogen (secondary N) is 1. The first kappa shape index (κ1) is 20.1. The minimum absolute atomic E-state index is 0.135. The van der Waals surface area contributed by atoms with Crippen molar-refractivity contribution in [1.82, 2.24) is 14.7 Å². The molecule has 1 spiro atoms. The van der Waals surface area contributed by atoms with Crippen LogP contribution in [-0.4, -0.2) is 53.9 Å². The SMILES string of the molecule is CCNC(=O)C(C#N)=Cc1c(N2CCC3(CC2)OCCO3)nc2ccccn2c1=O. The van der Waals surface area contributed by atoms with Gasteiger partial charge < -0.3 is 19.7 Å². The summed E-state index contributed by atoms with van der Waals surface area (Å²) in [6, 6.07) is 7.19. The Bertz CT molecular complexity index is 1080. The average Bonchev–Trinajstić information content (AvgIpc) is 3.22. The average molecular weight is 409 g/mol. The summed E-state index contributed by atoms with van der Waals surface area (Å²) >= 11 is 0. The van der Waals surface area contributed by atoms with Crippen molar-refractivity contribution in [3.8, 4) is 6.07 Å². The molecule has 2 aromatic rings. The highest BCUT2D eigenvalue weighted by Crippen LogP contribution is 2.33. The number of hydrogen-bond donors (Lipinski definition) is 1. The number of pyridine rings is 1. The largest absolute Gasteiger partial charge is 0.355 e. The lowest BCUT2D eigenvalue weighted by Gasteiger charge is -2.38. The molecule has 9 heteroatoms. The number of likely N-dealkylation sites (N-methyl/N-ethyl adjacent to an activating group) is 1. The van der Waals surface area contributed by atoms with Gasteiger partial charge in [0.2, 0.25) is 0 Å². The molecular weight excluding hydrogens is 386 g/mol. The van der Waals surface area contributed by atoms with Gasteiger partial charge in [-0.15, -0.1) is 0 Å². The van der Waals surface area contributed by atoms with Crippen LogP contribution in [0, 0.1) is 11.3 Å². The predicted octanol–water partition coefficient (Wildman–Crippen LogP) is 1.08. The fourth-order valence-corrected chi connectivity index (χ4v) is 3.85. The monoisotopic (exact) mass is 409 g/mol. The van der Waals surface area contributed by atoms with Crippen molar-refractivity contribution in [2.45, 2.75) is 25.6 Å². The molecule has 2 aliphatic rings. The van der Waals surface area contributed by atoms with E-state index >= 15 is 0 Å². The highest BCUT2D eigenvalue weighted by Gasteiger charge is 2.40. The molecule has 1 N–H and O–H groups in total. The summed E-state index contributed by atoms with van der Waals surface area (Å²) in [5.74, 6) is -0.623. The predicted molar refractivity (Wildman–Crippen MR) is 110 cm³/mol. The van der Waals surface area contributed by atoms with E-state index in [0.717, 1.165) is 0 Å². The molecule has 4 rings (SSSR count). The second-order valence-corrected chi connectivity index (χ2v) is 7.21. The highest BCUT2D eigenvalue weighted by molar-refractivity contribution is 6.02. The van der Waals surface area contributed by atoms with Crippen molar-refractivity contribution in [2.24, 2.45) is 0 Å². The van der Waals surface area contributed by atoms with Crippen LogP contribution >= 0.6 is 0 Å². The zero-order valence-electron chi connectivity index (χ0n) is 16.8. The number of fused-ring (bicyclic) bond motifs is 1. The molecule has 30 heavy (non-hydrogen) atoms. The maximum Gasteiger partial charge on any atom is 0.267 e. The Morgan fingerprint density at radius 2 is 2.07 bits per heavy atom. The van der Waals surface area contributed by atoms with Gasteiger partial charge in [-0.1, -0.05) is 6.07 Å². The molecule has 0 saturated carbocycles. The Kier molecular flexibility index (Phi) is 5.53. The van der Waals surface area contributed by atoms with E-state index in [2.05, 4.69) is 10.3 Å². The lowest BCUT2D eigenvalue weighted by molar-refractivity contribution is -0.169. The number of nitrogens with zero attached hydrogens (tertiary/aromatic N) is 4. The van der Waals surface area contributed by atoms with Crippen LogP contribution in [0.1, 0.15) is 25.3 Å². The molecule has 4 heterocycles. The van der Waals surface area contributed by atoms with Crippen molar-refractivity contribution in [1.29, 1.82) is 5.26 Å². The lowest BCUT2D eigenvalue weighted by atomic mass is 10.0. The van der Waals surface area contributed by atoms with E-state index in [4.69, 9.17) is 9.47 Å². The summed E-state index contributed by atoms with van der Waals surface area (Å²) in [6.07, 6.45) is 4.25. The molecule has 0 unspecified atom stereocenters. The molecule has 0 radical (unpaired) electrons. The van der Waals surface area contributed by atoms with Crippen LogP contribution in [0.3, 0.4) is 0 Å². The van der Waals surface area contributed by atoms with E-state index in [1.807, 2.05) is 17.0 Å². The van der Waals surface area contributed by atoms with Crippen LogP contribution < -0.4 is 15.8 Å². The topological polar surface area (TPSA) is 109 Å². The molecule has 2 aromatic heterocycles. The van der Waals surface area contributed by atoms with Crippen molar-refractivity contribution >= 4 is 23.4 Å². The van der Waals surface area contributed by atoms with Crippen LogP contribution in [-0.2, 0) is 14.3 Å². The Hall–Kier alpha value is -3.22. The molecule has 0 aromatic carbocycles. The molecular formula is C21H23N5O4. The van der Waals surface area contributed by atoms with Crippen LogP contribution in [0.15, 0.2) is 34.8 Å². The molecule has 1 amide bonds. The van der Waals surface area contributed by atoms with E-state index in [0.29, 0.717) is 57.2 Å². The van der Waals surface area contributed by atoms with Crippen LogP contribution in [0.4, 0.5) is 5.82 Å². The van der Waals surface area contributed by atoms with Gasteiger partial charge in [-0.25, -0.2) is 4.98 Å². The van der Waals surface area contributed by atoms with Crippen LogP contribution in [0.2, 0.25) is 0 Å². The van der Waals surface area contributed by atoms with E-state index < -0.39 is 11.7 Å². The zero-order chi connectivity index (χ0) is 21.1. The molecule has 2 aliphatic heterocycles. The van der Waals surface area contributed by atoms with Crippen LogP contribution in [0.25, 0.3) is 11.7 Å². The highest BCUT2D eigenvalue weighted by atomic mass is 16.7. The van der Waals surface area contributed by atoms with Gasteiger partial charge in [-0.3, -0.25) is 14.0 Å². The number of anilines is 1. The summed E-state index contributed by atoms with van der Waals surface area (Å²) in [5.41, 5.74) is 0.246. The third-order valence-corrected chi connectivity index (χ3v) is 5.38. The maximum atomic E-state index is 13.2. The van der Waals surface area contributed by atoms with Gasteiger partial charge >= 0.3 is 0 Å². The van der Waals surface area contributed by atoms with Gasteiger partial charge in [0, 0.05) is 38.7 Å². The second kappa shape index (κ2) is 8.26. The van der Waals surface area contributed by atoms with E-state index in [1.54, 1.807) is 25.3 Å². The number of aromatic nitrogens is 2. The fraction of sp³-hybridized carbons (Fsp3) is 0.429. The van der Waals surface area contributed by atoms with Gasteiger partial charge in [-0.05, 0) is 25.1 Å². The number of rotatable bonds is 4. The smallest absolute Gasteiger partial charge is 0.267 e. The standard InChI is InChI=1S/C21H23N5O4/c1-2-23-19(27)15(14-22)13-16-18(24-17-5-3-4-8-26(17)20(16)28)25-9-6-21(7-10-25)29-11-12-30-21/h3-5,8,13H,2,6-7,9-12H2,1H3,(H,23,27). The van der Waals surface area contributed by atoms with Gasteiger partial charge in [0.1, 0.15) is 23.1 Å². The third kappa shape index (κ3) is 3.67. The van der Waals surface area contributed by atoms with Crippen molar-refractivity contribution in [3.05, 3.63) is 45.9 Å². The van der Waals surface area contributed by atoms with Gasteiger partial charge in [-0.2, -0.15) is 5.26 Å². The van der Waals surface area contributed by atoms with Gasteiger partial charge in [0.05, 0.1) is 18.8 Å². The molecule has 0 bridgehead atoms. The molecule has 156 valence electrons. The lowest BCUT2D eigenvalue weighted by Crippen LogP contribution is -2.46. The molecule has 0 aliphatic carbocycles. The molecule has 9 nitrogen and oxygen atoms in total. The first-order valence-electron chi connectivity index (χ1n) is 10.0. The minimum atomic E-state index is -0.558. The number of carbonyl (C=O) groups is 1. The Morgan fingerprint density at radius 1 is 1.33 bits per heavy atom. The van der Waals surface area contributed by atoms with E-state index in [9.17, 15) is 14.9 Å². The fourth-order valence-electron chi connectivity index (χ4n) is 3.85. The summed E-state index contributed by atoms with van der Waals surface area (Å²) < 4.78 is 13.0. The maximum absolute atomic E-state index is 13.2. The Balaban J connectivity index is 1.78. The zero-order valence-corrected chi connectivity index (χ0v) is 16.8. The quantitative estimate of drug-likeness (QED) is 0.594. The normalized spacial score (nSPS) is 18.5. The van der Waals surface area contributed by atoms with E-state index in [1.165, 1.54) is 10.5 Å². The summed E-state index contributed by atoms with van der Waals surface area (Å²) in [4.78, 5) is 32.1. The molecule has 0 atom stereocenters. The van der Waals surface area contributed by atoms with Crippen molar-refractivity contribution in [3.63, 3.8) is 0 Å². The van der Waals surface area contributed by atoms with Crippen molar-refractivity contribution in [2.75, 3.05) is 37.7 Å². The van der Waals surface area contributed by atoms with Crippen molar-refractivity contribution < 1.29 is 14.3 Å². The number of piperidine rings is 1. The number of carbonyl (C=O) groups excluding carboxylic acids is 1. The minimum Gasteiger partial charge on any atom is -0.355 e. The second-order valence-electron chi connectivity index (χ2n) is 7.21. The number of amides is 1. The van der Waals surface area contributed by atoms with Crippen LogP contribution in [0.5, 0.6) is 0 Å². The first-order valence-corrected chi connectivity index (χ1v) is 10.0. The molecule has 2 saturated heterocycles. The van der Waals surface area contributed by atoms with Gasteiger partial charge in [0.15, 0.2) is 5.79 Å². The summed E-state index contributed by atoms with van der Waals surface area (Å²) in [7, 11) is 0. The van der Waals surface area contributed by atoms with E-state index in [-0.39, 0.29) is 16.7 Å². The number of hydrogen-bond acceptors (Lipinski definition) is 7. The summed E-state index contributed by atoms with van der Waals surface area (Å²) in [6.45, 7) is 4.48. The molecule has 2 fully saturated rings. The summed E-state index contributed by atoms with van der Waals surface area (Å²) in [5, 5.41) is 12.1. The number of ether oxygens (including phenoxy) is 2. The Labute approximate surface area is 173 Å². The number of nitriles is 1.